The molecule has 0 aliphatic carbocycles. The highest BCUT2D eigenvalue weighted by atomic mass is 15.3. The zero-order valence-electron chi connectivity index (χ0n) is 17.9. The molecule has 0 saturated carbocycles. The summed E-state index contributed by atoms with van der Waals surface area (Å²) in [5.41, 5.74) is 4.44. The number of nitrogens with zero attached hydrogens (tertiary/aromatic N) is 8. The Morgan fingerprint density at radius 1 is 1.07 bits per heavy atom. The van der Waals surface area contributed by atoms with Gasteiger partial charge in [0.15, 0.2) is 5.84 Å². The monoisotopic (exact) mass is 404 g/mol. The van der Waals surface area contributed by atoms with Crippen LogP contribution in [0, 0.1) is 0 Å². The van der Waals surface area contributed by atoms with Gasteiger partial charge in [-0.2, -0.15) is 5.10 Å². The minimum absolute atomic E-state index is 0.798. The lowest BCUT2D eigenvalue weighted by Gasteiger charge is -2.36. The number of aryl methyl sites for hydroxylation is 3. The Hall–Kier alpha value is -3.42. The molecule has 4 rings (SSSR count). The fraction of sp³-hybridized carbons (Fsp3) is 0.364. The van der Waals surface area contributed by atoms with Crippen molar-refractivity contribution in [3.05, 3.63) is 61.1 Å². The number of hydrogen-bond donors (Lipinski definition) is 0. The van der Waals surface area contributed by atoms with Crippen LogP contribution in [-0.4, -0.2) is 61.2 Å². The molecule has 0 spiro atoms. The van der Waals surface area contributed by atoms with E-state index >= 15 is 0 Å². The van der Waals surface area contributed by atoms with Gasteiger partial charge in [-0.15, -0.1) is 0 Å². The van der Waals surface area contributed by atoms with E-state index < -0.39 is 0 Å². The zero-order chi connectivity index (χ0) is 21.1. The van der Waals surface area contributed by atoms with Crippen LogP contribution in [-0.2, 0) is 20.5 Å². The van der Waals surface area contributed by atoms with Gasteiger partial charge >= 0.3 is 0 Å². The van der Waals surface area contributed by atoms with Crippen molar-refractivity contribution in [3.63, 3.8) is 0 Å². The van der Waals surface area contributed by atoms with Gasteiger partial charge in [0.25, 0.3) is 0 Å². The summed E-state index contributed by atoms with van der Waals surface area (Å²) in [4.78, 5) is 18.2. The van der Waals surface area contributed by atoms with Gasteiger partial charge in [-0.1, -0.05) is 13.5 Å². The Morgan fingerprint density at radius 3 is 2.40 bits per heavy atom. The summed E-state index contributed by atoms with van der Waals surface area (Å²) in [5.74, 6) is 1.73. The van der Waals surface area contributed by atoms with Crippen LogP contribution in [0.5, 0.6) is 0 Å². The van der Waals surface area contributed by atoms with Crippen molar-refractivity contribution in [1.29, 1.82) is 0 Å². The van der Waals surface area contributed by atoms with Gasteiger partial charge < -0.3 is 14.4 Å². The summed E-state index contributed by atoms with van der Waals surface area (Å²) >= 11 is 0. The molecule has 3 aromatic rings. The second kappa shape index (κ2) is 8.52. The highest BCUT2D eigenvalue weighted by Gasteiger charge is 2.24. The first-order valence-electron chi connectivity index (χ1n) is 10.2. The highest BCUT2D eigenvalue weighted by molar-refractivity contribution is 5.99. The third kappa shape index (κ3) is 3.98. The lowest BCUT2D eigenvalue weighted by Crippen LogP contribution is -2.49. The molecule has 3 aromatic heterocycles. The predicted octanol–water partition coefficient (Wildman–Crippen LogP) is 2.49. The molecule has 0 aromatic carbocycles. The molecule has 0 atom stereocenters. The summed E-state index contributed by atoms with van der Waals surface area (Å²) in [6, 6.07) is 2.16. The molecule has 8 nitrogen and oxygen atoms in total. The zero-order valence-corrected chi connectivity index (χ0v) is 17.9. The van der Waals surface area contributed by atoms with E-state index in [2.05, 4.69) is 60.2 Å². The number of piperazine rings is 1. The van der Waals surface area contributed by atoms with Gasteiger partial charge in [0, 0.05) is 82.4 Å². The molecule has 1 saturated heterocycles. The van der Waals surface area contributed by atoms with Crippen molar-refractivity contribution in [2.45, 2.75) is 13.3 Å². The SMILES string of the molecule is C=C/N=C(\c1cc(-c2cnn(C)c2)cn1C)N1CCN(c2ncc(CC)cn2)CC1. The first kappa shape index (κ1) is 19.9. The largest absolute Gasteiger partial charge is 0.351 e. The Labute approximate surface area is 177 Å². The molecule has 0 amide bonds. The van der Waals surface area contributed by atoms with Crippen molar-refractivity contribution >= 4 is 11.8 Å². The molecule has 8 heteroatoms. The quantitative estimate of drug-likeness (QED) is 0.483. The average Bonchev–Trinajstić information content (AvgIpc) is 3.38. The van der Waals surface area contributed by atoms with Crippen molar-refractivity contribution in [2.75, 3.05) is 31.1 Å². The minimum Gasteiger partial charge on any atom is -0.351 e. The van der Waals surface area contributed by atoms with Crippen molar-refractivity contribution in [2.24, 2.45) is 19.1 Å². The molecular formula is C22H28N8. The maximum absolute atomic E-state index is 4.63. The van der Waals surface area contributed by atoms with E-state index in [0.717, 1.165) is 66.8 Å². The van der Waals surface area contributed by atoms with Crippen LogP contribution in [0.25, 0.3) is 11.1 Å². The molecule has 1 aliphatic heterocycles. The third-order valence-electron chi connectivity index (χ3n) is 5.45. The van der Waals surface area contributed by atoms with Crippen molar-refractivity contribution in [3.8, 4) is 11.1 Å². The van der Waals surface area contributed by atoms with Crippen LogP contribution in [0.2, 0.25) is 0 Å². The molecule has 156 valence electrons. The van der Waals surface area contributed by atoms with E-state index in [9.17, 15) is 0 Å². The standard InChI is InChI=1S/C22H28N8/c1-5-17-12-24-22(25-13-17)30-9-7-29(8-10-30)21(23-6-2)20-11-18(15-27(20)3)19-14-26-28(4)16-19/h6,11-16H,2,5,7-10H2,1,3-4H3/b23-21+. The van der Waals surface area contributed by atoms with E-state index in [4.69, 9.17) is 0 Å². The molecular weight excluding hydrogens is 376 g/mol. The number of aliphatic imine (C=N–C) groups is 1. The van der Waals surface area contributed by atoms with Gasteiger partial charge in [0.1, 0.15) is 0 Å². The summed E-state index contributed by atoms with van der Waals surface area (Å²) in [7, 11) is 3.98. The molecule has 1 aliphatic rings. The molecule has 4 heterocycles. The van der Waals surface area contributed by atoms with E-state index in [-0.39, 0.29) is 0 Å². The average molecular weight is 405 g/mol. The first-order chi connectivity index (χ1) is 14.6. The first-order valence-corrected chi connectivity index (χ1v) is 10.2. The number of amidine groups is 1. The summed E-state index contributed by atoms with van der Waals surface area (Å²) in [5, 5.41) is 4.28. The topological polar surface area (TPSA) is 67.4 Å². The van der Waals surface area contributed by atoms with E-state index in [0.29, 0.717) is 0 Å². The van der Waals surface area contributed by atoms with Gasteiger partial charge in [-0.3, -0.25) is 4.68 Å². The van der Waals surface area contributed by atoms with Crippen LogP contribution in [0.1, 0.15) is 18.2 Å². The minimum atomic E-state index is 0.798. The number of rotatable bonds is 5. The summed E-state index contributed by atoms with van der Waals surface area (Å²) < 4.78 is 3.93. The molecule has 0 N–H and O–H groups in total. The lowest BCUT2D eigenvalue weighted by molar-refractivity contribution is 0.382. The Morgan fingerprint density at radius 2 is 1.80 bits per heavy atom. The van der Waals surface area contributed by atoms with Crippen LogP contribution in [0.4, 0.5) is 5.95 Å². The number of aromatic nitrogens is 5. The molecule has 0 radical (unpaired) electrons. The van der Waals surface area contributed by atoms with Crippen LogP contribution in [0.15, 0.2) is 54.8 Å². The second-order valence-corrected chi connectivity index (χ2v) is 7.48. The third-order valence-corrected chi connectivity index (χ3v) is 5.45. The second-order valence-electron chi connectivity index (χ2n) is 7.48. The fourth-order valence-electron chi connectivity index (χ4n) is 3.72. The van der Waals surface area contributed by atoms with Crippen LogP contribution < -0.4 is 4.90 Å². The highest BCUT2D eigenvalue weighted by Crippen LogP contribution is 2.23. The van der Waals surface area contributed by atoms with Crippen molar-refractivity contribution < 1.29 is 0 Å². The lowest BCUT2D eigenvalue weighted by atomic mass is 10.2. The number of anilines is 1. The van der Waals surface area contributed by atoms with E-state index in [1.54, 1.807) is 6.20 Å². The Bertz CT molecular complexity index is 1040. The van der Waals surface area contributed by atoms with Gasteiger partial charge in [0.2, 0.25) is 5.95 Å². The van der Waals surface area contributed by atoms with Gasteiger partial charge in [-0.05, 0) is 18.1 Å². The van der Waals surface area contributed by atoms with E-state index in [1.807, 2.05) is 43.6 Å². The maximum Gasteiger partial charge on any atom is 0.225 e. The van der Waals surface area contributed by atoms with Gasteiger partial charge in [0.05, 0.1) is 11.9 Å². The van der Waals surface area contributed by atoms with Crippen molar-refractivity contribution in [1.82, 2.24) is 29.2 Å². The number of hydrogen-bond acceptors (Lipinski definition) is 5. The van der Waals surface area contributed by atoms with Crippen LogP contribution in [0.3, 0.4) is 0 Å². The normalized spacial score (nSPS) is 15.0. The molecule has 0 unspecified atom stereocenters. The van der Waals surface area contributed by atoms with E-state index in [1.165, 1.54) is 0 Å². The van der Waals surface area contributed by atoms with Crippen LogP contribution >= 0.6 is 0 Å². The predicted molar refractivity (Wildman–Crippen MR) is 120 cm³/mol. The molecule has 30 heavy (non-hydrogen) atoms. The smallest absolute Gasteiger partial charge is 0.225 e. The van der Waals surface area contributed by atoms with Gasteiger partial charge in [-0.25, -0.2) is 15.0 Å². The fourth-order valence-corrected chi connectivity index (χ4v) is 3.72. The Kier molecular flexibility index (Phi) is 5.65. The maximum atomic E-state index is 4.63. The summed E-state index contributed by atoms with van der Waals surface area (Å²) in [6.07, 6.45) is 12.4. The molecule has 0 bridgehead atoms. The molecule has 1 fully saturated rings. The Balaban J connectivity index is 1.51. The summed E-state index contributed by atoms with van der Waals surface area (Å²) in [6.45, 7) is 9.33.